The fourth-order valence-electron chi connectivity index (χ4n) is 3.40. The number of hydrogen-bond donors (Lipinski definition) is 1. The largest absolute Gasteiger partial charge is 0.360 e. The summed E-state index contributed by atoms with van der Waals surface area (Å²) in [6, 6.07) is 1.69. The molecule has 0 aliphatic rings. The molecule has 1 aromatic rings. The van der Waals surface area contributed by atoms with Crippen LogP contribution in [0.25, 0.3) is 0 Å². The van der Waals surface area contributed by atoms with Gasteiger partial charge < -0.3 is 19.6 Å². The molecule has 0 fully saturated rings. The Morgan fingerprint density at radius 1 is 1.14 bits per heavy atom. The first-order valence-electron chi connectivity index (χ1n) is 11.2. The molecular weight excluding hydrogens is 368 g/mol. The second kappa shape index (κ2) is 14.1. The van der Waals surface area contributed by atoms with Gasteiger partial charge >= 0.3 is 0 Å². The first kappa shape index (κ1) is 25.1. The van der Waals surface area contributed by atoms with E-state index in [2.05, 4.69) is 36.1 Å². The number of hydrogen-bond acceptors (Lipinski definition) is 5. The van der Waals surface area contributed by atoms with Crippen molar-refractivity contribution in [3.05, 3.63) is 11.8 Å². The molecule has 7 nitrogen and oxygen atoms in total. The summed E-state index contributed by atoms with van der Waals surface area (Å²) in [4.78, 5) is 29.5. The Labute approximate surface area is 176 Å². The van der Waals surface area contributed by atoms with Gasteiger partial charge in [-0.2, -0.15) is 0 Å². The lowest BCUT2D eigenvalue weighted by atomic mass is 10.1. The molecule has 0 aliphatic heterocycles. The first-order chi connectivity index (χ1) is 13.9. The number of unbranched alkanes of at least 4 members (excludes halogenated alkanes) is 3. The van der Waals surface area contributed by atoms with E-state index in [9.17, 15) is 9.59 Å². The average molecular weight is 409 g/mol. The molecular formula is C22H40N4O3. The quantitative estimate of drug-likeness (QED) is 0.439. The number of carbonyl (C=O) groups is 2. The maximum atomic E-state index is 12.9. The number of anilines is 1. The van der Waals surface area contributed by atoms with Crippen LogP contribution in [0.3, 0.4) is 0 Å². The van der Waals surface area contributed by atoms with Crippen LogP contribution in [0.2, 0.25) is 0 Å². The van der Waals surface area contributed by atoms with Crippen molar-refractivity contribution in [2.75, 3.05) is 31.5 Å². The molecule has 7 heteroatoms. The van der Waals surface area contributed by atoms with Gasteiger partial charge in [-0.1, -0.05) is 45.2 Å². The molecule has 1 aromatic heterocycles. The lowest BCUT2D eigenvalue weighted by molar-refractivity contribution is -0.137. The Morgan fingerprint density at radius 3 is 2.45 bits per heavy atom. The molecule has 0 saturated carbocycles. The van der Waals surface area contributed by atoms with Gasteiger partial charge in [-0.3, -0.25) is 9.59 Å². The van der Waals surface area contributed by atoms with E-state index < -0.39 is 0 Å². The van der Waals surface area contributed by atoms with Crippen molar-refractivity contribution >= 4 is 17.6 Å². The Bertz CT molecular complexity index is 599. The van der Waals surface area contributed by atoms with Crippen molar-refractivity contribution in [2.24, 2.45) is 0 Å². The Morgan fingerprint density at radius 2 is 1.86 bits per heavy atom. The predicted molar refractivity (Wildman–Crippen MR) is 117 cm³/mol. The van der Waals surface area contributed by atoms with Gasteiger partial charge in [0, 0.05) is 18.5 Å². The summed E-state index contributed by atoms with van der Waals surface area (Å²) in [5, 5.41) is 6.52. The first-order valence-corrected chi connectivity index (χ1v) is 11.2. The number of aromatic nitrogens is 1. The van der Waals surface area contributed by atoms with Crippen molar-refractivity contribution in [1.82, 2.24) is 15.0 Å². The number of rotatable bonds is 15. The highest BCUT2D eigenvalue weighted by atomic mass is 16.5. The van der Waals surface area contributed by atoms with Crippen LogP contribution in [0, 0.1) is 6.92 Å². The molecule has 1 atom stereocenters. The third kappa shape index (κ3) is 9.92. The van der Waals surface area contributed by atoms with E-state index in [1.807, 2.05) is 6.92 Å². The third-order valence-corrected chi connectivity index (χ3v) is 5.30. The van der Waals surface area contributed by atoms with Crippen LogP contribution in [0.5, 0.6) is 0 Å². The van der Waals surface area contributed by atoms with Gasteiger partial charge in [0.25, 0.3) is 0 Å². The molecule has 0 spiro atoms. The molecule has 1 heterocycles. The zero-order chi connectivity index (χ0) is 21.6. The van der Waals surface area contributed by atoms with Gasteiger partial charge in [0.2, 0.25) is 11.8 Å². The third-order valence-electron chi connectivity index (χ3n) is 5.30. The molecule has 166 valence electrons. The number of carbonyl (C=O) groups excluding carboxylic acids is 2. The zero-order valence-corrected chi connectivity index (χ0v) is 19.0. The van der Waals surface area contributed by atoms with E-state index in [0.717, 1.165) is 58.2 Å². The fraction of sp³-hybridized carbons (Fsp3) is 0.773. The van der Waals surface area contributed by atoms with Crippen LogP contribution in [0.1, 0.15) is 78.4 Å². The minimum absolute atomic E-state index is 0.0223. The highest BCUT2D eigenvalue weighted by Crippen LogP contribution is 2.13. The lowest BCUT2D eigenvalue weighted by Gasteiger charge is -2.29. The summed E-state index contributed by atoms with van der Waals surface area (Å²) in [5.74, 6) is 0.838. The number of aryl methyl sites for hydroxylation is 1. The van der Waals surface area contributed by atoms with E-state index in [-0.39, 0.29) is 24.4 Å². The second-order valence-corrected chi connectivity index (χ2v) is 7.72. The van der Waals surface area contributed by atoms with E-state index in [1.165, 1.54) is 0 Å². The molecule has 1 N–H and O–H groups in total. The number of amides is 2. The summed E-state index contributed by atoms with van der Waals surface area (Å²) in [7, 11) is 0. The maximum Gasteiger partial charge on any atom is 0.245 e. The van der Waals surface area contributed by atoms with Gasteiger partial charge in [0.15, 0.2) is 5.82 Å². The normalized spacial score (nSPS) is 12.2. The Balaban J connectivity index is 2.65. The summed E-state index contributed by atoms with van der Waals surface area (Å²) >= 11 is 0. The molecule has 0 radical (unpaired) electrons. The second-order valence-electron chi connectivity index (χ2n) is 7.72. The van der Waals surface area contributed by atoms with Crippen LogP contribution < -0.4 is 5.32 Å². The number of nitrogens with one attached hydrogen (secondary N) is 1. The predicted octanol–water partition coefficient (Wildman–Crippen LogP) is 4.23. The van der Waals surface area contributed by atoms with Crippen LogP contribution >= 0.6 is 0 Å². The molecule has 0 bridgehead atoms. The molecule has 1 unspecified atom stereocenters. The minimum atomic E-state index is -0.240. The summed E-state index contributed by atoms with van der Waals surface area (Å²) in [6.45, 7) is 13.4. The van der Waals surface area contributed by atoms with Crippen molar-refractivity contribution in [3.8, 4) is 0 Å². The van der Waals surface area contributed by atoms with E-state index in [0.29, 0.717) is 18.0 Å². The average Bonchev–Trinajstić information content (AvgIpc) is 3.10. The van der Waals surface area contributed by atoms with Crippen molar-refractivity contribution in [1.29, 1.82) is 0 Å². The van der Waals surface area contributed by atoms with Crippen molar-refractivity contribution in [3.63, 3.8) is 0 Å². The smallest absolute Gasteiger partial charge is 0.245 e. The molecule has 0 aliphatic carbocycles. The van der Waals surface area contributed by atoms with E-state index in [4.69, 9.17) is 4.52 Å². The van der Waals surface area contributed by atoms with Gasteiger partial charge in [-0.25, -0.2) is 0 Å². The SMILES string of the molecule is CCCCCCC(=O)N(CC(=O)Nc1cc(C)on1)C(C)CCCN(CC)CC. The summed E-state index contributed by atoms with van der Waals surface area (Å²) in [6.07, 6.45) is 6.59. The molecule has 0 aromatic carbocycles. The van der Waals surface area contributed by atoms with E-state index >= 15 is 0 Å². The monoisotopic (exact) mass is 408 g/mol. The van der Waals surface area contributed by atoms with Crippen molar-refractivity contribution in [2.45, 2.75) is 85.6 Å². The summed E-state index contributed by atoms with van der Waals surface area (Å²) < 4.78 is 4.99. The fourth-order valence-corrected chi connectivity index (χ4v) is 3.40. The zero-order valence-electron chi connectivity index (χ0n) is 19.0. The topological polar surface area (TPSA) is 78.7 Å². The van der Waals surface area contributed by atoms with Gasteiger partial charge in [0.05, 0.1) is 0 Å². The molecule has 1 rings (SSSR count). The van der Waals surface area contributed by atoms with Gasteiger partial charge in [-0.15, -0.1) is 0 Å². The van der Waals surface area contributed by atoms with Crippen LogP contribution in [-0.2, 0) is 9.59 Å². The van der Waals surface area contributed by atoms with Gasteiger partial charge in [-0.05, 0) is 52.7 Å². The molecule has 0 saturated heterocycles. The number of nitrogens with zero attached hydrogens (tertiary/aromatic N) is 3. The van der Waals surface area contributed by atoms with Crippen LogP contribution in [-0.4, -0.2) is 59.0 Å². The standard InChI is InChI=1S/C22H40N4O3/c1-6-9-10-11-14-22(28)26(18(4)13-12-15-25(7-2)8-3)17-21(27)23-20-16-19(5)29-24-20/h16,18H,6-15,17H2,1-5H3,(H,23,24,27). The Hall–Kier alpha value is -1.89. The highest BCUT2D eigenvalue weighted by molar-refractivity contribution is 5.93. The van der Waals surface area contributed by atoms with E-state index in [1.54, 1.807) is 17.9 Å². The van der Waals surface area contributed by atoms with Crippen LogP contribution in [0.15, 0.2) is 10.6 Å². The van der Waals surface area contributed by atoms with Crippen LogP contribution in [0.4, 0.5) is 5.82 Å². The molecule has 29 heavy (non-hydrogen) atoms. The lowest BCUT2D eigenvalue weighted by Crippen LogP contribution is -2.44. The minimum Gasteiger partial charge on any atom is -0.360 e. The van der Waals surface area contributed by atoms with Gasteiger partial charge in [0.1, 0.15) is 12.3 Å². The maximum absolute atomic E-state index is 12.9. The van der Waals surface area contributed by atoms with Crippen molar-refractivity contribution < 1.29 is 14.1 Å². The Kier molecular flexibility index (Phi) is 12.3. The summed E-state index contributed by atoms with van der Waals surface area (Å²) in [5.41, 5.74) is 0. The molecule has 2 amide bonds. The highest BCUT2D eigenvalue weighted by Gasteiger charge is 2.23.